The lowest BCUT2D eigenvalue weighted by atomic mass is 9.88. The molecule has 6 heteroatoms. The molecule has 2 aromatic heterocycles. The highest BCUT2D eigenvalue weighted by Crippen LogP contribution is 2.41. The number of aryl methyl sites for hydroxylation is 1. The van der Waals surface area contributed by atoms with E-state index in [4.69, 9.17) is 4.74 Å². The van der Waals surface area contributed by atoms with E-state index in [2.05, 4.69) is 31.3 Å². The lowest BCUT2D eigenvalue weighted by Gasteiger charge is -2.18. The normalized spacial score (nSPS) is 15.8. The summed E-state index contributed by atoms with van der Waals surface area (Å²) >= 11 is 3.07. The molecule has 4 rings (SSSR count). The van der Waals surface area contributed by atoms with Crippen LogP contribution in [0.25, 0.3) is 10.1 Å². The monoisotopic (exact) mass is 441 g/mol. The first-order valence-electron chi connectivity index (χ1n) is 10.7. The Morgan fingerprint density at radius 3 is 2.77 bits per heavy atom. The molecule has 0 aliphatic heterocycles. The molecular weight excluding hydrogens is 414 g/mol. The van der Waals surface area contributed by atoms with E-state index in [1.54, 1.807) is 11.3 Å². The summed E-state index contributed by atoms with van der Waals surface area (Å²) in [5.74, 6) is 0.135. The topological polar surface area (TPSA) is 55.4 Å². The number of anilines is 1. The average Bonchev–Trinajstić information content (AvgIpc) is 3.26. The van der Waals surface area contributed by atoms with E-state index in [-0.39, 0.29) is 11.9 Å². The molecule has 0 radical (unpaired) electrons. The van der Waals surface area contributed by atoms with Gasteiger partial charge >= 0.3 is 5.97 Å². The fraction of sp³-hybridized carbons (Fsp3) is 0.417. The van der Waals surface area contributed by atoms with Crippen LogP contribution in [0.1, 0.15) is 69.6 Å². The standard InChI is InChI=1S/C24H27NO3S2/c1-4-8-16-15-9-6-7-10-18(15)29-21(16)22(26)25-23-20(24(27)28-5-2)17-12-11-14(3)13-19(17)30-23/h6-7,9-10,14H,4-5,8,11-13H2,1-3H3,(H,25,26). The predicted molar refractivity (Wildman–Crippen MR) is 125 cm³/mol. The number of rotatable bonds is 6. The van der Waals surface area contributed by atoms with E-state index in [1.807, 2.05) is 19.1 Å². The van der Waals surface area contributed by atoms with Crippen LogP contribution in [0.15, 0.2) is 24.3 Å². The summed E-state index contributed by atoms with van der Waals surface area (Å²) in [6.45, 7) is 6.50. The second-order valence-electron chi connectivity index (χ2n) is 7.89. The molecule has 3 aromatic rings. The Morgan fingerprint density at radius 2 is 2.00 bits per heavy atom. The molecule has 0 saturated carbocycles. The quantitative estimate of drug-likeness (QED) is 0.446. The van der Waals surface area contributed by atoms with Gasteiger partial charge in [0.25, 0.3) is 5.91 Å². The Labute approximate surface area is 185 Å². The van der Waals surface area contributed by atoms with Crippen molar-refractivity contribution in [2.75, 3.05) is 11.9 Å². The average molecular weight is 442 g/mol. The number of hydrogen-bond donors (Lipinski definition) is 1. The minimum absolute atomic E-state index is 0.128. The highest BCUT2D eigenvalue weighted by atomic mass is 32.1. The number of amides is 1. The zero-order valence-corrected chi connectivity index (χ0v) is 19.3. The van der Waals surface area contributed by atoms with Gasteiger partial charge in [-0.15, -0.1) is 22.7 Å². The van der Waals surface area contributed by atoms with Crippen molar-refractivity contribution in [1.29, 1.82) is 0 Å². The fourth-order valence-electron chi connectivity index (χ4n) is 4.20. The largest absolute Gasteiger partial charge is 0.462 e. The maximum atomic E-state index is 13.3. The lowest BCUT2D eigenvalue weighted by molar-refractivity contribution is 0.0526. The first-order chi connectivity index (χ1) is 14.5. The third kappa shape index (κ3) is 3.91. The van der Waals surface area contributed by atoms with Gasteiger partial charge in [0.15, 0.2) is 0 Å². The van der Waals surface area contributed by atoms with Crippen molar-refractivity contribution < 1.29 is 14.3 Å². The molecule has 1 aromatic carbocycles. The Bertz CT molecular complexity index is 1100. The van der Waals surface area contributed by atoms with Gasteiger partial charge in [-0.25, -0.2) is 4.79 Å². The van der Waals surface area contributed by atoms with E-state index in [0.29, 0.717) is 23.1 Å². The lowest BCUT2D eigenvalue weighted by Crippen LogP contribution is -2.16. The highest BCUT2D eigenvalue weighted by molar-refractivity contribution is 7.21. The van der Waals surface area contributed by atoms with E-state index < -0.39 is 0 Å². The minimum Gasteiger partial charge on any atom is -0.462 e. The summed E-state index contributed by atoms with van der Waals surface area (Å²) in [5.41, 5.74) is 2.73. The van der Waals surface area contributed by atoms with E-state index in [0.717, 1.165) is 58.2 Å². The van der Waals surface area contributed by atoms with Crippen LogP contribution in [-0.2, 0) is 24.0 Å². The summed E-state index contributed by atoms with van der Waals surface area (Å²) < 4.78 is 6.46. The van der Waals surface area contributed by atoms with Gasteiger partial charge in [-0.3, -0.25) is 4.79 Å². The molecule has 4 nitrogen and oxygen atoms in total. The SMILES string of the molecule is CCCc1c(C(=O)Nc2sc3c(c2C(=O)OCC)CCC(C)C3)sc2ccccc12. The molecule has 1 unspecified atom stereocenters. The number of carbonyl (C=O) groups excluding carboxylic acids is 2. The molecule has 0 spiro atoms. The molecule has 0 saturated heterocycles. The second kappa shape index (κ2) is 8.90. The van der Waals surface area contributed by atoms with Gasteiger partial charge in [-0.05, 0) is 61.1 Å². The second-order valence-corrected chi connectivity index (χ2v) is 10.0. The molecule has 0 fully saturated rings. The van der Waals surface area contributed by atoms with E-state index >= 15 is 0 Å². The third-order valence-electron chi connectivity index (χ3n) is 5.62. The summed E-state index contributed by atoms with van der Waals surface area (Å²) in [6.07, 6.45) is 4.70. The Kier molecular flexibility index (Phi) is 6.25. The van der Waals surface area contributed by atoms with E-state index in [9.17, 15) is 9.59 Å². The predicted octanol–water partition coefficient (Wildman–Crippen LogP) is 6.47. The molecule has 1 N–H and O–H groups in total. The Morgan fingerprint density at radius 1 is 1.20 bits per heavy atom. The molecule has 1 aliphatic rings. The molecule has 1 atom stereocenters. The molecule has 158 valence electrons. The maximum Gasteiger partial charge on any atom is 0.341 e. The van der Waals surface area contributed by atoms with Crippen LogP contribution in [0, 0.1) is 5.92 Å². The summed E-state index contributed by atoms with van der Waals surface area (Å²) in [6, 6.07) is 8.17. The van der Waals surface area contributed by atoms with Crippen LogP contribution in [0.2, 0.25) is 0 Å². The summed E-state index contributed by atoms with van der Waals surface area (Å²) in [7, 11) is 0. The first kappa shape index (κ1) is 21.1. The van der Waals surface area contributed by atoms with Crippen molar-refractivity contribution in [3.8, 4) is 0 Å². The maximum absolute atomic E-state index is 13.3. The van der Waals surface area contributed by atoms with Crippen molar-refractivity contribution in [3.63, 3.8) is 0 Å². The Hall–Kier alpha value is -2.18. The van der Waals surface area contributed by atoms with Crippen molar-refractivity contribution in [2.24, 2.45) is 5.92 Å². The zero-order chi connectivity index (χ0) is 21.3. The number of esters is 1. The number of ether oxygens (including phenoxy) is 1. The molecule has 1 amide bonds. The van der Waals surface area contributed by atoms with Crippen molar-refractivity contribution in [1.82, 2.24) is 0 Å². The van der Waals surface area contributed by atoms with Crippen molar-refractivity contribution in [2.45, 2.75) is 52.9 Å². The van der Waals surface area contributed by atoms with Crippen LogP contribution in [-0.4, -0.2) is 18.5 Å². The van der Waals surface area contributed by atoms with Crippen LogP contribution in [0.3, 0.4) is 0 Å². The number of benzene rings is 1. The molecule has 0 bridgehead atoms. The van der Waals surface area contributed by atoms with Crippen LogP contribution in [0.5, 0.6) is 0 Å². The number of hydrogen-bond acceptors (Lipinski definition) is 5. The first-order valence-corrected chi connectivity index (χ1v) is 12.3. The summed E-state index contributed by atoms with van der Waals surface area (Å²) in [4.78, 5) is 28.0. The van der Waals surface area contributed by atoms with Crippen LogP contribution < -0.4 is 5.32 Å². The molecule has 2 heterocycles. The fourth-order valence-corrected chi connectivity index (χ4v) is 6.74. The number of carbonyl (C=O) groups is 2. The number of nitrogens with one attached hydrogen (secondary N) is 1. The van der Waals surface area contributed by atoms with Crippen molar-refractivity contribution in [3.05, 3.63) is 50.7 Å². The molecular formula is C24H27NO3S2. The summed E-state index contributed by atoms with van der Waals surface area (Å²) in [5, 5.41) is 4.88. The van der Waals surface area contributed by atoms with Crippen LogP contribution in [0.4, 0.5) is 5.00 Å². The molecule has 30 heavy (non-hydrogen) atoms. The smallest absolute Gasteiger partial charge is 0.341 e. The van der Waals surface area contributed by atoms with Gasteiger partial charge in [-0.2, -0.15) is 0 Å². The van der Waals surface area contributed by atoms with E-state index in [1.165, 1.54) is 16.2 Å². The van der Waals surface area contributed by atoms with Gasteiger partial charge in [-0.1, -0.05) is 38.5 Å². The highest BCUT2D eigenvalue weighted by Gasteiger charge is 2.30. The van der Waals surface area contributed by atoms with Gasteiger partial charge in [0, 0.05) is 9.58 Å². The zero-order valence-electron chi connectivity index (χ0n) is 17.7. The van der Waals surface area contributed by atoms with Gasteiger partial charge < -0.3 is 10.1 Å². The van der Waals surface area contributed by atoms with Gasteiger partial charge in [0.05, 0.1) is 17.0 Å². The van der Waals surface area contributed by atoms with Gasteiger partial charge in [0.2, 0.25) is 0 Å². The minimum atomic E-state index is -0.329. The number of fused-ring (bicyclic) bond motifs is 2. The van der Waals surface area contributed by atoms with Crippen LogP contribution >= 0.6 is 22.7 Å². The van der Waals surface area contributed by atoms with Gasteiger partial charge in [0.1, 0.15) is 5.00 Å². The number of thiophene rings is 2. The van der Waals surface area contributed by atoms with Crippen molar-refractivity contribution >= 4 is 49.6 Å². The molecule has 1 aliphatic carbocycles. The third-order valence-corrected chi connectivity index (χ3v) is 8.00. The Balaban J connectivity index is 1.72.